The van der Waals surface area contributed by atoms with Gasteiger partial charge in [-0.1, -0.05) is 6.42 Å². The number of methoxy groups -OCH3 is 1. The van der Waals surface area contributed by atoms with Crippen LogP contribution in [0.2, 0.25) is 0 Å². The largest absolute Gasteiger partial charge is 0.384 e. The number of carbonyl (C=O) groups is 1. The number of likely N-dealkylation sites (tertiary alicyclic amines) is 1. The van der Waals surface area contributed by atoms with Gasteiger partial charge >= 0.3 is 0 Å². The van der Waals surface area contributed by atoms with Crippen molar-refractivity contribution in [3.8, 4) is 0 Å². The van der Waals surface area contributed by atoms with E-state index in [1.807, 2.05) is 4.90 Å². The van der Waals surface area contributed by atoms with Crippen molar-refractivity contribution in [1.29, 1.82) is 0 Å². The van der Waals surface area contributed by atoms with Crippen molar-refractivity contribution in [2.24, 2.45) is 0 Å². The molecule has 0 unspecified atom stereocenters. The highest BCUT2D eigenvalue weighted by molar-refractivity contribution is 5.77. The Morgan fingerprint density at radius 2 is 2.13 bits per heavy atom. The number of carbonyl (C=O) groups excluding carboxylic acids is 1. The van der Waals surface area contributed by atoms with Gasteiger partial charge in [-0.05, 0) is 12.8 Å². The van der Waals surface area contributed by atoms with Gasteiger partial charge in [0.2, 0.25) is 5.91 Å². The molecule has 2 rings (SSSR count). The molecular weight excluding hydrogens is 192 g/mol. The van der Waals surface area contributed by atoms with Crippen molar-refractivity contribution in [3.63, 3.8) is 0 Å². The quantitative estimate of drug-likeness (QED) is 0.716. The summed E-state index contributed by atoms with van der Waals surface area (Å²) in [6, 6.07) is 1.27. The smallest absolute Gasteiger partial charge is 0.224 e. The molecule has 1 aliphatic heterocycles. The molecule has 2 fully saturated rings. The summed E-state index contributed by atoms with van der Waals surface area (Å²) in [7, 11) is 1.63. The molecule has 4 nitrogen and oxygen atoms in total. The molecular formula is C11H20N2O2. The standard InChI is InChI=1S/C11H20N2O2/c1-15-6-5-11(14)13-7-10(8-13)12-9-3-2-4-9/h9-10,12H,2-8H2,1H3. The zero-order valence-electron chi connectivity index (χ0n) is 9.37. The molecule has 1 saturated carbocycles. The van der Waals surface area contributed by atoms with Gasteiger partial charge in [0.05, 0.1) is 13.0 Å². The van der Waals surface area contributed by atoms with Crippen LogP contribution in [0.5, 0.6) is 0 Å². The number of rotatable bonds is 5. The number of nitrogens with one attached hydrogen (secondary N) is 1. The maximum absolute atomic E-state index is 11.5. The third-order valence-corrected chi connectivity index (χ3v) is 3.33. The first-order chi connectivity index (χ1) is 7.29. The Hall–Kier alpha value is -0.610. The summed E-state index contributed by atoms with van der Waals surface area (Å²) in [5.74, 6) is 0.225. The van der Waals surface area contributed by atoms with Gasteiger partial charge in [-0.3, -0.25) is 4.79 Å². The number of amides is 1. The third-order valence-electron chi connectivity index (χ3n) is 3.33. The first kappa shape index (κ1) is 10.9. The normalized spacial score (nSPS) is 22.3. The highest BCUT2D eigenvalue weighted by Crippen LogP contribution is 2.20. The van der Waals surface area contributed by atoms with Gasteiger partial charge in [-0.25, -0.2) is 0 Å². The van der Waals surface area contributed by atoms with E-state index in [4.69, 9.17) is 4.74 Å². The fraction of sp³-hybridized carbons (Fsp3) is 0.909. The Labute approximate surface area is 91.0 Å². The summed E-state index contributed by atoms with van der Waals surface area (Å²) in [5.41, 5.74) is 0. The van der Waals surface area contributed by atoms with E-state index in [0.29, 0.717) is 19.1 Å². The van der Waals surface area contributed by atoms with Crippen molar-refractivity contribution in [3.05, 3.63) is 0 Å². The van der Waals surface area contributed by atoms with E-state index >= 15 is 0 Å². The number of hydrogen-bond donors (Lipinski definition) is 1. The topological polar surface area (TPSA) is 41.6 Å². The van der Waals surface area contributed by atoms with Gasteiger partial charge in [-0.15, -0.1) is 0 Å². The first-order valence-corrected chi connectivity index (χ1v) is 5.82. The highest BCUT2D eigenvalue weighted by Gasteiger charge is 2.32. The van der Waals surface area contributed by atoms with Crippen LogP contribution >= 0.6 is 0 Å². The monoisotopic (exact) mass is 212 g/mol. The van der Waals surface area contributed by atoms with Crippen LogP contribution in [0.25, 0.3) is 0 Å². The van der Waals surface area contributed by atoms with Crippen molar-refractivity contribution in [1.82, 2.24) is 10.2 Å². The summed E-state index contributed by atoms with van der Waals surface area (Å²) in [4.78, 5) is 13.4. The molecule has 1 aliphatic carbocycles. The SMILES string of the molecule is COCCC(=O)N1CC(NC2CCC2)C1. The molecule has 4 heteroatoms. The van der Waals surface area contributed by atoms with Crippen LogP contribution in [0.3, 0.4) is 0 Å². The van der Waals surface area contributed by atoms with E-state index in [2.05, 4.69) is 5.32 Å². The van der Waals surface area contributed by atoms with Gasteiger partial charge in [0.25, 0.3) is 0 Å². The molecule has 0 atom stereocenters. The minimum Gasteiger partial charge on any atom is -0.384 e. The molecule has 86 valence electrons. The molecule has 0 bridgehead atoms. The van der Waals surface area contributed by atoms with Crippen molar-refractivity contribution in [2.45, 2.75) is 37.8 Å². The average molecular weight is 212 g/mol. The summed E-state index contributed by atoms with van der Waals surface area (Å²) in [5, 5.41) is 3.57. The zero-order valence-corrected chi connectivity index (χ0v) is 9.37. The first-order valence-electron chi connectivity index (χ1n) is 5.82. The Balaban J connectivity index is 1.57. The molecule has 1 N–H and O–H groups in total. The summed E-state index contributed by atoms with van der Waals surface area (Å²) in [6.45, 7) is 2.31. The van der Waals surface area contributed by atoms with E-state index in [0.717, 1.165) is 19.1 Å². The minimum atomic E-state index is 0.225. The number of nitrogens with zero attached hydrogens (tertiary/aromatic N) is 1. The second-order valence-corrected chi connectivity index (χ2v) is 4.53. The lowest BCUT2D eigenvalue weighted by Crippen LogP contribution is -2.62. The lowest BCUT2D eigenvalue weighted by Gasteiger charge is -2.43. The average Bonchev–Trinajstić information content (AvgIpc) is 2.09. The van der Waals surface area contributed by atoms with Crippen LogP contribution in [0, 0.1) is 0 Å². The number of ether oxygens (including phenoxy) is 1. The van der Waals surface area contributed by atoms with Crippen LogP contribution < -0.4 is 5.32 Å². The van der Waals surface area contributed by atoms with Crippen molar-refractivity contribution < 1.29 is 9.53 Å². The maximum atomic E-state index is 11.5. The Kier molecular flexibility index (Phi) is 3.59. The second-order valence-electron chi connectivity index (χ2n) is 4.53. The summed E-state index contributed by atoms with van der Waals surface area (Å²) >= 11 is 0. The van der Waals surface area contributed by atoms with Crippen molar-refractivity contribution in [2.75, 3.05) is 26.8 Å². The van der Waals surface area contributed by atoms with E-state index in [9.17, 15) is 4.79 Å². The molecule has 1 saturated heterocycles. The van der Waals surface area contributed by atoms with Crippen LogP contribution in [0.15, 0.2) is 0 Å². The lowest BCUT2D eigenvalue weighted by molar-refractivity contribution is -0.137. The zero-order chi connectivity index (χ0) is 10.7. The molecule has 15 heavy (non-hydrogen) atoms. The van der Waals surface area contributed by atoms with E-state index < -0.39 is 0 Å². The van der Waals surface area contributed by atoms with Gasteiger partial charge in [0.1, 0.15) is 0 Å². The molecule has 0 aromatic heterocycles. The Morgan fingerprint density at radius 1 is 1.40 bits per heavy atom. The van der Waals surface area contributed by atoms with E-state index in [1.54, 1.807) is 7.11 Å². The van der Waals surface area contributed by atoms with Crippen LogP contribution in [0.4, 0.5) is 0 Å². The van der Waals surface area contributed by atoms with Crippen LogP contribution in [0.1, 0.15) is 25.7 Å². The van der Waals surface area contributed by atoms with E-state index in [-0.39, 0.29) is 5.91 Å². The predicted molar refractivity (Wildman–Crippen MR) is 57.6 cm³/mol. The van der Waals surface area contributed by atoms with Gasteiger partial charge in [0.15, 0.2) is 0 Å². The van der Waals surface area contributed by atoms with Gasteiger partial charge in [0, 0.05) is 32.3 Å². The number of hydrogen-bond acceptors (Lipinski definition) is 3. The lowest BCUT2D eigenvalue weighted by atomic mass is 9.91. The fourth-order valence-corrected chi connectivity index (χ4v) is 2.04. The Morgan fingerprint density at radius 3 is 2.67 bits per heavy atom. The Bertz CT molecular complexity index is 223. The molecule has 0 spiro atoms. The second kappa shape index (κ2) is 4.94. The molecule has 2 aliphatic rings. The molecule has 1 amide bonds. The van der Waals surface area contributed by atoms with Crippen LogP contribution in [-0.4, -0.2) is 49.7 Å². The molecule has 0 aromatic rings. The summed E-state index contributed by atoms with van der Waals surface area (Å²) < 4.78 is 4.89. The van der Waals surface area contributed by atoms with Gasteiger partial charge < -0.3 is 15.0 Å². The maximum Gasteiger partial charge on any atom is 0.224 e. The fourth-order valence-electron chi connectivity index (χ4n) is 2.04. The minimum absolute atomic E-state index is 0.225. The third kappa shape index (κ3) is 2.69. The summed E-state index contributed by atoms with van der Waals surface area (Å²) in [6.07, 6.45) is 4.51. The van der Waals surface area contributed by atoms with Crippen LogP contribution in [-0.2, 0) is 9.53 Å². The van der Waals surface area contributed by atoms with Crippen molar-refractivity contribution >= 4 is 5.91 Å². The molecule has 0 aromatic carbocycles. The predicted octanol–water partition coefficient (Wildman–Crippen LogP) is 0.376. The highest BCUT2D eigenvalue weighted by atomic mass is 16.5. The molecule has 0 radical (unpaired) electrons. The van der Waals surface area contributed by atoms with E-state index in [1.165, 1.54) is 19.3 Å². The van der Waals surface area contributed by atoms with Gasteiger partial charge in [-0.2, -0.15) is 0 Å². The molecule has 1 heterocycles.